The molecule has 0 unspecified atom stereocenters. The standard InChI is InChI=1S/C7H6IN/c8-7-4-2-1-3-6(7)5-9/h1-5,9H. The molecule has 2 heteroatoms. The first-order valence-electron chi connectivity index (χ1n) is 2.59. The predicted molar refractivity (Wildman–Crippen MR) is 47.0 cm³/mol. The van der Waals surface area contributed by atoms with Crippen molar-refractivity contribution in [3.8, 4) is 0 Å². The summed E-state index contributed by atoms with van der Waals surface area (Å²) >= 11 is 2.21. The van der Waals surface area contributed by atoms with Gasteiger partial charge in [0.15, 0.2) is 0 Å². The molecule has 1 N–H and O–H groups in total. The van der Waals surface area contributed by atoms with Gasteiger partial charge >= 0.3 is 0 Å². The van der Waals surface area contributed by atoms with Crippen LogP contribution < -0.4 is 0 Å². The van der Waals surface area contributed by atoms with E-state index in [2.05, 4.69) is 22.6 Å². The highest BCUT2D eigenvalue weighted by Gasteiger charge is 1.89. The molecule has 0 heterocycles. The van der Waals surface area contributed by atoms with Crippen molar-refractivity contribution in [2.24, 2.45) is 0 Å². The Balaban J connectivity index is 3.15. The molecule has 0 saturated heterocycles. The number of hydrogen-bond donors (Lipinski definition) is 1. The summed E-state index contributed by atoms with van der Waals surface area (Å²) in [6.07, 6.45) is 1.36. The maximum Gasteiger partial charge on any atom is 0.0260 e. The van der Waals surface area contributed by atoms with Crippen molar-refractivity contribution in [3.63, 3.8) is 0 Å². The zero-order chi connectivity index (χ0) is 6.69. The highest BCUT2D eigenvalue weighted by atomic mass is 127. The van der Waals surface area contributed by atoms with Crippen LogP contribution in [0.1, 0.15) is 5.56 Å². The lowest BCUT2D eigenvalue weighted by Gasteiger charge is -1.92. The quantitative estimate of drug-likeness (QED) is 0.566. The summed E-state index contributed by atoms with van der Waals surface area (Å²) in [6, 6.07) is 7.81. The molecule has 0 saturated carbocycles. The second-order valence-corrected chi connectivity index (χ2v) is 2.83. The third-order valence-electron chi connectivity index (χ3n) is 1.06. The molecular weight excluding hydrogens is 225 g/mol. The first-order chi connectivity index (χ1) is 4.34. The SMILES string of the molecule is N=Cc1ccccc1I. The van der Waals surface area contributed by atoms with Gasteiger partial charge in [-0.25, -0.2) is 0 Å². The van der Waals surface area contributed by atoms with E-state index in [9.17, 15) is 0 Å². The van der Waals surface area contributed by atoms with Gasteiger partial charge in [0.05, 0.1) is 0 Å². The molecule has 0 aliphatic carbocycles. The van der Waals surface area contributed by atoms with Gasteiger partial charge in [0, 0.05) is 15.3 Å². The summed E-state index contributed by atoms with van der Waals surface area (Å²) in [7, 11) is 0. The third kappa shape index (κ3) is 1.51. The summed E-state index contributed by atoms with van der Waals surface area (Å²) in [5, 5.41) is 6.95. The minimum Gasteiger partial charge on any atom is -0.308 e. The third-order valence-corrected chi connectivity index (χ3v) is 2.04. The molecule has 0 aliphatic heterocycles. The lowest BCUT2D eigenvalue weighted by Crippen LogP contribution is -1.81. The fourth-order valence-electron chi connectivity index (χ4n) is 0.592. The topological polar surface area (TPSA) is 23.9 Å². The van der Waals surface area contributed by atoms with E-state index in [4.69, 9.17) is 5.41 Å². The number of halogens is 1. The van der Waals surface area contributed by atoms with Gasteiger partial charge in [0.1, 0.15) is 0 Å². The van der Waals surface area contributed by atoms with Crippen molar-refractivity contribution in [1.29, 1.82) is 5.41 Å². The van der Waals surface area contributed by atoms with Gasteiger partial charge in [0.2, 0.25) is 0 Å². The van der Waals surface area contributed by atoms with E-state index in [1.54, 1.807) is 0 Å². The Morgan fingerprint density at radius 1 is 1.33 bits per heavy atom. The maximum absolute atomic E-state index is 6.95. The number of hydrogen-bond acceptors (Lipinski definition) is 1. The fourth-order valence-corrected chi connectivity index (χ4v) is 1.14. The summed E-state index contributed by atoms with van der Waals surface area (Å²) in [5.41, 5.74) is 0.984. The lowest BCUT2D eigenvalue weighted by molar-refractivity contribution is 1.52. The van der Waals surface area contributed by atoms with Crippen LogP contribution in [-0.2, 0) is 0 Å². The molecule has 1 rings (SSSR count). The van der Waals surface area contributed by atoms with Crippen LogP contribution in [-0.4, -0.2) is 6.21 Å². The molecule has 0 radical (unpaired) electrons. The molecule has 0 aliphatic rings. The van der Waals surface area contributed by atoms with Crippen LogP contribution in [0.15, 0.2) is 24.3 Å². The highest BCUT2D eigenvalue weighted by molar-refractivity contribution is 14.1. The Labute approximate surface area is 67.7 Å². The van der Waals surface area contributed by atoms with E-state index in [1.165, 1.54) is 6.21 Å². The van der Waals surface area contributed by atoms with Crippen LogP contribution in [0, 0.1) is 8.98 Å². The van der Waals surface area contributed by atoms with Gasteiger partial charge in [-0.05, 0) is 28.7 Å². The Kier molecular flexibility index (Phi) is 2.22. The van der Waals surface area contributed by atoms with Crippen LogP contribution in [0.5, 0.6) is 0 Å². The fraction of sp³-hybridized carbons (Fsp3) is 0. The highest BCUT2D eigenvalue weighted by Crippen LogP contribution is 2.07. The molecule has 0 amide bonds. The van der Waals surface area contributed by atoms with Crippen LogP contribution in [0.3, 0.4) is 0 Å². The molecule has 1 aromatic rings. The molecule has 0 spiro atoms. The van der Waals surface area contributed by atoms with Crippen molar-refractivity contribution < 1.29 is 0 Å². The van der Waals surface area contributed by atoms with E-state index in [1.807, 2.05) is 24.3 Å². The molecule has 1 aromatic carbocycles. The first kappa shape index (κ1) is 6.74. The normalized spacial score (nSPS) is 9.00. The van der Waals surface area contributed by atoms with Crippen molar-refractivity contribution in [2.75, 3.05) is 0 Å². The van der Waals surface area contributed by atoms with Crippen molar-refractivity contribution >= 4 is 28.8 Å². The van der Waals surface area contributed by atoms with Gasteiger partial charge in [-0.2, -0.15) is 0 Å². The van der Waals surface area contributed by atoms with Gasteiger partial charge in [0.25, 0.3) is 0 Å². The molecule has 0 bridgehead atoms. The summed E-state index contributed by atoms with van der Waals surface area (Å²) in [6.45, 7) is 0. The van der Waals surface area contributed by atoms with Crippen molar-refractivity contribution in [3.05, 3.63) is 33.4 Å². The monoisotopic (exact) mass is 231 g/mol. The molecule has 0 fully saturated rings. The molecule has 0 aromatic heterocycles. The Morgan fingerprint density at radius 3 is 2.44 bits per heavy atom. The first-order valence-corrected chi connectivity index (χ1v) is 3.67. The lowest BCUT2D eigenvalue weighted by atomic mass is 10.2. The van der Waals surface area contributed by atoms with Gasteiger partial charge in [-0.15, -0.1) is 0 Å². The Hall–Kier alpha value is -0.380. The molecule has 46 valence electrons. The van der Waals surface area contributed by atoms with Crippen molar-refractivity contribution in [1.82, 2.24) is 0 Å². The largest absolute Gasteiger partial charge is 0.308 e. The zero-order valence-corrected chi connectivity index (χ0v) is 6.92. The van der Waals surface area contributed by atoms with Gasteiger partial charge in [-0.3, -0.25) is 0 Å². The molecular formula is C7H6IN. The minimum absolute atomic E-state index is 0.984. The average Bonchev–Trinajstić information content (AvgIpc) is 1.89. The minimum atomic E-state index is 0.984. The number of benzene rings is 1. The Morgan fingerprint density at radius 2 is 2.00 bits per heavy atom. The van der Waals surface area contributed by atoms with Crippen LogP contribution in [0.2, 0.25) is 0 Å². The number of nitrogens with one attached hydrogen (secondary N) is 1. The summed E-state index contributed by atoms with van der Waals surface area (Å²) in [5.74, 6) is 0. The van der Waals surface area contributed by atoms with E-state index in [0.29, 0.717) is 0 Å². The van der Waals surface area contributed by atoms with E-state index < -0.39 is 0 Å². The van der Waals surface area contributed by atoms with Crippen molar-refractivity contribution in [2.45, 2.75) is 0 Å². The van der Waals surface area contributed by atoms with Crippen LogP contribution in [0.25, 0.3) is 0 Å². The molecule has 9 heavy (non-hydrogen) atoms. The van der Waals surface area contributed by atoms with Crippen LogP contribution >= 0.6 is 22.6 Å². The molecule has 0 atom stereocenters. The second-order valence-electron chi connectivity index (χ2n) is 1.67. The summed E-state index contributed by atoms with van der Waals surface area (Å²) < 4.78 is 1.13. The number of rotatable bonds is 1. The van der Waals surface area contributed by atoms with E-state index in [-0.39, 0.29) is 0 Å². The van der Waals surface area contributed by atoms with Gasteiger partial charge < -0.3 is 5.41 Å². The van der Waals surface area contributed by atoms with E-state index in [0.717, 1.165) is 9.13 Å². The predicted octanol–water partition coefficient (Wildman–Crippen LogP) is 2.29. The molecule has 1 nitrogen and oxygen atoms in total. The van der Waals surface area contributed by atoms with Gasteiger partial charge in [-0.1, -0.05) is 18.2 Å². The second kappa shape index (κ2) is 2.96. The average molecular weight is 231 g/mol. The van der Waals surface area contributed by atoms with E-state index >= 15 is 0 Å². The smallest absolute Gasteiger partial charge is 0.0260 e. The Bertz CT molecular complexity index is 220. The maximum atomic E-state index is 6.95. The van der Waals surface area contributed by atoms with Crippen LogP contribution in [0.4, 0.5) is 0 Å². The zero-order valence-electron chi connectivity index (χ0n) is 4.76. The summed E-state index contributed by atoms with van der Waals surface area (Å²) in [4.78, 5) is 0.